The zero-order chi connectivity index (χ0) is 21.4. The number of rotatable bonds is 4. The van der Waals surface area contributed by atoms with E-state index in [2.05, 4.69) is 10.3 Å². The molecule has 0 saturated carbocycles. The van der Waals surface area contributed by atoms with Gasteiger partial charge in [-0.1, -0.05) is 18.2 Å². The van der Waals surface area contributed by atoms with Gasteiger partial charge in [0, 0.05) is 22.8 Å². The third-order valence-electron chi connectivity index (χ3n) is 5.03. The number of fused-ring (bicyclic) bond motifs is 1. The zero-order valence-electron chi connectivity index (χ0n) is 17.5. The van der Waals surface area contributed by atoms with Crippen molar-refractivity contribution in [3.05, 3.63) is 50.3 Å². The van der Waals surface area contributed by atoms with Gasteiger partial charge < -0.3 is 15.0 Å². The molecule has 2 amide bonds. The highest BCUT2D eigenvalue weighted by Gasteiger charge is 2.32. The Morgan fingerprint density at radius 3 is 2.67 bits per heavy atom. The number of aryl methyl sites for hydroxylation is 2. The largest absolute Gasteiger partial charge is 0.370 e. The normalized spacial score (nSPS) is 17.0. The SMILES string of the molecule is Cc1nc(C)c(C(=O)N2CCOC(c3c(C(=O)NC(C)C)sc4ccccc34)C2)s1. The molecule has 8 heteroatoms. The molecule has 158 valence electrons. The van der Waals surface area contributed by atoms with E-state index in [4.69, 9.17) is 4.74 Å². The van der Waals surface area contributed by atoms with E-state index in [1.165, 1.54) is 22.7 Å². The van der Waals surface area contributed by atoms with Crippen molar-refractivity contribution in [1.29, 1.82) is 0 Å². The number of amides is 2. The molecular weight excluding hydrogens is 418 g/mol. The minimum absolute atomic E-state index is 0.0147. The van der Waals surface area contributed by atoms with E-state index in [9.17, 15) is 9.59 Å². The summed E-state index contributed by atoms with van der Waals surface area (Å²) in [7, 11) is 0. The average Bonchev–Trinajstić information content (AvgIpc) is 3.26. The summed E-state index contributed by atoms with van der Waals surface area (Å²) in [6.45, 7) is 9.05. The van der Waals surface area contributed by atoms with Crippen molar-refractivity contribution in [1.82, 2.24) is 15.2 Å². The summed E-state index contributed by atoms with van der Waals surface area (Å²) < 4.78 is 7.14. The van der Waals surface area contributed by atoms with Crippen LogP contribution >= 0.6 is 22.7 Å². The molecule has 6 nitrogen and oxygen atoms in total. The molecule has 3 aromatic rings. The number of hydrogen-bond donors (Lipinski definition) is 1. The zero-order valence-corrected chi connectivity index (χ0v) is 19.2. The first kappa shape index (κ1) is 21.0. The van der Waals surface area contributed by atoms with Crippen LogP contribution < -0.4 is 5.32 Å². The van der Waals surface area contributed by atoms with Crippen molar-refractivity contribution >= 4 is 44.6 Å². The Hall–Kier alpha value is -2.29. The first-order chi connectivity index (χ1) is 14.3. The second kappa shape index (κ2) is 8.45. The molecule has 1 aliphatic rings. The molecule has 0 spiro atoms. The van der Waals surface area contributed by atoms with Crippen LogP contribution in [0.2, 0.25) is 0 Å². The average molecular weight is 444 g/mol. The number of ether oxygens (including phenoxy) is 1. The predicted octanol–water partition coefficient (Wildman–Crippen LogP) is 4.33. The van der Waals surface area contributed by atoms with Crippen LogP contribution in [-0.4, -0.2) is 47.4 Å². The van der Waals surface area contributed by atoms with Crippen LogP contribution in [0, 0.1) is 13.8 Å². The maximum Gasteiger partial charge on any atom is 0.266 e. The second-order valence-corrected chi connectivity index (χ2v) is 9.98. The third kappa shape index (κ3) is 3.99. The third-order valence-corrected chi connectivity index (χ3v) is 7.28. The van der Waals surface area contributed by atoms with Crippen molar-refractivity contribution in [2.75, 3.05) is 19.7 Å². The highest BCUT2D eigenvalue weighted by atomic mass is 32.1. The Bertz CT molecular complexity index is 1100. The van der Waals surface area contributed by atoms with Crippen LogP contribution in [0.5, 0.6) is 0 Å². The molecule has 0 aliphatic carbocycles. The number of nitrogens with zero attached hydrogens (tertiary/aromatic N) is 2. The van der Waals surface area contributed by atoms with Crippen molar-refractivity contribution in [2.45, 2.75) is 39.8 Å². The van der Waals surface area contributed by atoms with E-state index >= 15 is 0 Å². The number of hydrogen-bond acceptors (Lipinski definition) is 6. The van der Waals surface area contributed by atoms with E-state index in [1.54, 1.807) is 0 Å². The van der Waals surface area contributed by atoms with Gasteiger partial charge in [0.2, 0.25) is 0 Å². The van der Waals surface area contributed by atoms with Crippen molar-refractivity contribution < 1.29 is 14.3 Å². The fourth-order valence-corrected chi connectivity index (χ4v) is 5.81. The summed E-state index contributed by atoms with van der Waals surface area (Å²) in [5.41, 5.74) is 1.65. The number of carbonyl (C=O) groups is 2. The second-order valence-electron chi connectivity index (χ2n) is 7.73. The molecule has 2 aromatic heterocycles. The highest BCUT2D eigenvalue weighted by molar-refractivity contribution is 7.21. The minimum Gasteiger partial charge on any atom is -0.370 e. The number of thiazole rings is 1. The van der Waals surface area contributed by atoms with Gasteiger partial charge in [0.15, 0.2) is 0 Å². The lowest BCUT2D eigenvalue weighted by atomic mass is 10.0. The number of nitrogens with one attached hydrogen (secondary N) is 1. The van der Waals surface area contributed by atoms with Gasteiger partial charge in [-0.25, -0.2) is 4.98 Å². The maximum absolute atomic E-state index is 13.1. The van der Waals surface area contributed by atoms with Gasteiger partial charge in [-0.15, -0.1) is 22.7 Å². The molecule has 1 aromatic carbocycles. The molecule has 4 rings (SSSR count). The van der Waals surface area contributed by atoms with Gasteiger partial charge in [-0.05, 0) is 39.1 Å². The first-order valence-corrected chi connectivity index (χ1v) is 11.7. The van der Waals surface area contributed by atoms with Crippen molar-refractivity contribution in [3.8, 4) is 0 Å². The van der Waals surface area contributed by atoms with Gasteiger partial charge in [-0.2, -0.15) is 0 Å². The van der Waals surface area contributed by atoms with Gasteiger partial charge in [0.05, 0.1) is 28.7 Å². The lowest BCUT2D eigenvalue weighted by Crippen LogP contribution is -2.42. The van der Waals surface area contributed by atoms with Gasteiger partial charge in [0.25, 0.3) is 11.8 Å². The Morgan fingerprint density at radius 2 is 1.97 bits per heavy atom. The quantitative estimate of drug-likeness (QED) is 0.652. The molecule has 0 bridgehead atoms. The smallest absolute Gasteiger partial charge is 0.266 e. The lowest BCUT2D eigenvalue weighted by Gasteiger charge is -2.33. The van der Waals surface area contributed by atoms with Gasteiger partial charge in [-0.3, -0.25) is 9.59 Å². The molecular formula is C22H25N3O3S2. The monoisotopic (exact) mass is 443 g/mol. The Labute approximate surface area is 183 Å². The fraction of sp³-hybridized carbons (Fsp3) is 0.409. The molecule has 0 radical (unpaired) electrons. The number of aromatic nitrogens is 1. The fourth-order valence-electron chi connectivity index (χ4n) is 3.76. The molecule has 30 heavy (non-hydrogen) atoms. The van der Waals surface area contributed by atoms with Crippen LogP contribution in [0.1, 0.15) is 55.6 Å². The molecule has 1 saturated heterocycles. The Morgan fingerprint density at radius 1 is 1.20 bits per heavy atom. The predicted molar refractivity (Wildman–Crippen MR) is 121 cm³/mol. The lowest BCUT2D eigenvalue weighted by molar-refractivity contribution is -0.0221. The molecule has 1 aliphatic heterocycles. The van der Waals surface area contributed by atoms with Crippen LogP contribution in [0.15, 0.2) is 24.3 Å². The Kier molecular flexibility index (Phi) is 5.90. The first-order valence-electron chi connectivity index (χ1n) is 10.0. The van der Waals surface area contributed by atoms with Crippen LogP contribution in [0.4, 0.5) is 0 Å². The van der Waals surface area contributed by atoms with Crippen molar-refractivity contribution in [2.24, 2.45) is 0 Å². The molecule has 1 atom stereocenters. The molecule has 1 unspecified atom stereocenters. The molecule has 3 heterocycles. The van der Waals surface area contributed by atoms with E-state index in [1.807, 2.05) is 56.9 Å². The molecule has 1 N–H and O–H groups in total. The van der Waals surface area contributed by atoms with Crippen LogP contribution in [0.3, 0.4) is 0 Å². The highest BCUT2D eigenvalue weighted by Crippen LogP contribution is 2.38. The van der Waals surface area contributed by atoms with E-state index in [-0.39, 0.29) is 24.0 Å². The number of benzene rings is 1. The summed E-state index contributed by atoms with van der Waals surface area (Å²) in [5, 5.41) is 4.90. The van der Waals surface area contributed by atoms with Gasteiger partial charge >= 0.3 is 0 Å². The summed E-state index contributed by atoms with van der Waals surface area (Å²) in [5.74, 6) is -0.110. The van der Waals surface area contributed by atoms with E-state index < -0.39 is 0 Å². The summed E-state index contributed by atoms with van der Waals surface area (Å²) in [6.07, 6.45) is -0.346. The van der Waals surface area contributed by atoms with E-state index in [0.717, 1.165) is 26.4 Å². The van der Waals surface area contributed by atoms with Crippen LogP contribution in [0.25, 0.3) is 10.1 Å². The summed E-state index contributed by atoms with van der Waals surface area (Å²) >= 11 is 2.90. The van der Waals surface area contributed by atoms with Crippen molar-refractivity contribution in [3.63, 3.8) is 0 Å². The van der Waals surface area contributed by atoms with Gasteiger partial charge in [0.1, 0.15) is 11.0 Å². The summed E-state index contributed by atoms with van der Waals surface area (Å²) in [6, 6.07) is 8.02. The standard InChI is InChI=1S/C22H25N3O3S2/c1-12(2)23-21(26)20-18(15-7-5-6-8-17(15)30-20)16-11-25(9-10-28-16)22(27)19-13(3)24-14(4)29-19/h5-8,12,16H,9-11H2,1-4H3,(H,23,26). The van der Waals surface area contributed by atoms with Crippen LogP contribution in [-0.2, 0) is 4.74 Å². The van der Waals surface area contributed by atoms with E-state index in [0.29, 0.717) is 29.5 Å². The number of carbonyl (C=O) groups excluding carboxylic acids is 2. The summed E-state index contributed by atoms with van der Waals surface area (Å²) in [4.78, 5) is 33.6. The number of morpholine rings is 1. The minimum atomic E-state index is -0.346. The number of thiophene rings is 1. The maximum atomic E-state index is 13.1. The Balaban J connectivity index is 1.68. The topological polar surface area (TPSA) is 71.5 Å². The molecule has 1 fully saturated rings.